The van der Waals surface area contributed by atoms with Crippen molar-refractivity contribution in [3.63, 3.8) is 0 Å². The van der Waals surface area contributed by atoms with Gasteiger partial charge in [-0.2, -0.15) is 0 Å². The predicted molar refractivity (Wildman–Crippen MR) is 77.4 cm³/mol. The number of carbonyl (C=O) groups is 1. The van der Waals surface area contributed by atoms with E-state index in [1.54, 1.807) is 0 Å². The summed E-state index contributed by atoms with van der Waals surface area (Å²) in [6.07, 6.45) is 1.95. The average Bonchev–Trinajstić information content (AvgIpc) is 2.50. The largest absolute Gasteiger partial charge is 0.396 e. The summed E-state index contributed by atoms with van der Waals surface area (Å²) in [6, 6.07) is 7.52. The molecule has 0 bridgehead atoms. The molecule has 1 heterocycles. The zero-order valence-electron chi connectivity index (χ0n) is 11.6. The number of amides is 1. The van der Waals surface area contributed by atoms with E-state index in [1.807, 2.05) is 24.3 Å². The maximum absolute atomic E-state index is 12.4. The van der Waals surface area contributed by atoms with Crippen molar-refractivity contribution in [1.82, 2.24) is 0 Å². The van der Waals surface area contributed by atoms with Gasteiger partial charge in [-0.15, -0.1) is 0 Å². The highest BCUT2D eigenvalue weighted by Crippen LogP contribution is 2.30. The number of nitrogens with two attached hydrogens (primary N) is 1. The first-order valence-corrected chi connectivity index (χ1v) is 6.99. The van der Waals surface area contributed by atoms with Gasteiger partial charge in [0.25, 0.3) is 0 Å². The number of carbonyl (C=O) groups excluding carboxylic acids is 1. The molecule has 5 heteroatoms. The molecule has 0 atom stereocenters. The zero-order chi connectivity index (χ0) is 14.4. The van der Waals surface area contributed by atoms with E-state index >= 15 is 0 Å². The van der Waals surface area contributed by atoms with Crippen LogP contribution in [0.2, 0.25) is 0 Å². The molecule has 1 aromatic rings. The number of aliphatic hydroxyl groups is 1. The third kappa shape index (κ3) is 3.36. The highest BCUT2D eigenvalue weighted by molar-refractivity contribution is 5.95. The molecule has 0 aliphatic carbocycles. The maximum Gasteiger partial charge on any atom is 0.232 e. The molecule has 20 heavy (non-hydrogen) atoms. The van der Waals surface area contributed by atoms with Crippen LogP contribution in [-0.2, 0) is 16.0 Å². The second-order valence-corrected chi connectivity index (χ2v) is 5.22. The van der Waals surface area contributed by atoms with E-state index in [2.05, 4.69) is 5.32 Å². The second-order valence-electron chi connectivity index (χ2n) is 5.22. The van der Waals surface area contributed by atoms with Gasteiger partial charge in [0.1, 0.15) is 0 Å². The molecule has 2 rings (SSSR count). The normalized spacial score (nSPS) is 17.7. The van der Waals surface area contributed by atoms with E-state index in [0.717, 1.165) is 11.3 Å². The number of aliphatic hydroxyl groups excluding tert-OH is 1. The number of nitrogens with one attached hydrogen (secondary N) is 1. The van der Waals surface area contributed by atoms with Crippen molar-refractivity contribution in [3.05, 3.63) is 29.8 Å². The highest BCUT2D eigenvalue weighted by Gasteiger charge is 2.38. The minimum absolute atomic E-state index is 0.0294. The van der Waals surface area contributed by atoms with Crippen LogP contribution in [0.4, 0.5) is 5.69 Å². The van der Waals surface area contributed by atoms with Gasteiger partial charge >= 0.3 is 0 Å². The van der Waals surface area contributed by atoms with E-state index in [9.17, 15) is 4.79 Å². The minimum atomic E-state index is -0.512. The molecular formula is C15H22N2O3. The predicted octanol–water partition coefficient (Wildman–Crippen LogP) is 0.915. The Labute approximate surface area is 119 Å². The summed E-state index contributed by atoms with van der Waals surface area (Å²) < 4.78 is 5.31. The Morgan fingerprint density at radius 3 is 2.50 bits per heavy atom. The van der Waals surface area contributed by atoms with E-state index in [4.69, 9.17) is 15.6 Å². The zero-order valence-corrected chi connectivity index (χ0v) is 11.6. The van der Waals surface area contributed by atoms with Gasteiger partial charge in [-0.1, -0.05) is 12.1 Å². The minimum Gasteiger partial charge on any atom is -0.396 e. The highest BCUT2D eigenvalue weighted by atomic mass is 16.5. The summed E-state index contributed by atoms with van der Waals surface area (Å²) in [7, 11) is 0. The van der Waals surface area contributed by atoms with Crippen LogP contribution in [0, 0.1) is 5.41 Å². The number of rotatable bonds is 5. The summed E-state index contributed by atoms with van der Waals surface area (Å²) in [6.45, 7) is 1.63. The molecule has 1 saturated heterocycles. The molecule has 0 saturated carbocycles. The number of ether oxygens (including phenoxy) is 1. The van der Waals surface area contributed by atoms with Gasteiger partial charge in [-0.05, 0) is 37.0 Å². The lowest BCUT2D eigenvalue weighted by atomic mass is 9.79. The van der Waals surface area contributed by atoms with Gasteiger partial charge in [0, 0.05) is 32.1 Å². The summed E-state index contributed by atoms with van der Waals surface area (Å²) in [5.74, 6) is -0.0294. The molecule has 4 N–H and O–H groups in total. The third-order valence-electron chi connectivity index (χ3n) is 3.93. The van der Waals surface area contributed by atoms with Gasteiger partial charge in [0.15, 0.2) is 0 Å². The van der Waals surface area contributed by atoms with Crippen LogP contribution in [0.1, 0.15) is 18.4 Å². The Balaban J connectivity index is 2.02. The first kappa shape index (κ1) is 15.0. The Bertz CT molecular complexity index is 439. The van der Waals surface area contributed by atoms with Crippen LogP contribution >= 0.6 is 0 Å². The van der Waals surface area contributed by atoms with Crippen molar-refractivity contribution in [3.8, 4) is 0 Å². The Morgan fingerprint density at radius 1 is 1.30 bits per heavy atom. The monoisotopic (exact) mass is 278 g/mol. The van der Waals surface area contributed by atoms with Crippen LogP contribution in [0.3, 0.4) is 0 Å². The summed E-state index contributed by atoms with van der Waals surface area (Å²) >= 11 is 0. The molecule has 1 aliphatic rings. The van der Waals surface area contributed by atoms with E-state index in [1.165, 1.54) is 0 Å². The lowest BCUT2D eigenvalue weighted by Gasteiger charge is -2.34. The molecule has 1 amide bonds. The molecule has 5 nitrogen and oxygen atoms in total. The molecule has 1 aliphatic heterocycles. The smallest absolute Gasteiger partial charge is 0.232 e. The lowest BCUT2D eigenvalue weighted by molar-refractivity contribution is -0.130. The molecular weight excluding hydrogens is 256 g/mol. The molecule has 0 unspecified atom stereocenters. The molecule has 0 spiro atoms. The maximum atomic E-state index is 12.4. The average molecular weight is 278 g/mol. The molecule has 0 radical (unpaired) electrons. The number of hydrogen-bond donors (Lipinski definition) is 3. The quantitative estimate of drug-likeness (QED) is 0.747. The van der Waals surface area contributed by atoms with E-state index < -0.39 is 5.41 Å². The van der Waals surface area contributed by atoms with Gasteiger partial charge in [-0.3, -0.25) is 4.79 Å². The fraction of sp³-hybridized carbons (Fsp3) is 0.533. The van der Waals surface area contributed by atoms with Crippen LogP contribution < -0.4 is 11.1 Å². The summed E-state index contributed by atoms with van der Waals surface area (Å²) in [5.41, 5.74) is 7.11. The van der Waals surface area contributed by atoms with Crippen molar-refractivity contribution < 1.29 is 14.6 Å². The first-order chi connectivity index (χ1) is 9.70. The molecule has 1 aromatic carbocycles. The van der Waals surface area contributed by atoms with Crippen molar-refractivity contribution in [2.24, 2.45) is 11.1 Å². The topological polar surface area (TPSA) is 84.6 Å². The van der Waals surface area contributed by atoms with Crippen molar-refractivity contribution in [2.45, 2.75) is 19.3 Å². The summed E-state index contributed by atoms with van der Waals surface area (Å²) in [4.78, 5) is 12.4. The second kappa shape index (κ2) is 6.83. The lowest BCUT2D eigenvalue weighted by Crippen LogP contribution is -2.46. The molecule has 1 fully saturated rings. The molecule has 110 valence electrons. The van der Waals surface area contributed by atoms with Crippen LogP contribution in [-0.4, -0.2) is 37.4 Å². The summed E-state index contributed by atoms with van der Waals surface area (Å²) in [5, 5.41) is 11.8. The van der Waals surface area contributed by atoms with Gasteiger partial charge in [0.05, 0.1) is 5.41 Å². The van der Waals surface area contributed by atoms with Crippen LogP contribution in [0.25, 0.3) is 0 Å². The van der Waals surface area contributed by atoms with Gasteiger partial charge < -0.3 is 20.9 Å². The van der Waals surface area contributed by atoms with Crippen molar-refractivity contribution in [1.29, 1.82) is 0 Å². The molecule has 0 aromatic heterocycles. The standard InChI is InChI=1S/C15H22N2O3/c16-11-15(6-9-20-10-7-15)14(19)17-13-3-1-12(2-4-13)5-8-18/h1-4,18H,5-11,16H2,(H,17,19). The Kier molecular flexibility index (Phi) is 5.11. The van der Waals surface area contributed by atoms with Crippen LogP contribution in [0.15, 0.2) is 24.3 Å². The third-order valence-corrected chi connectivity index (χ3v) is 3.93. The Morgan fingerprint density at radius 2 is 1.95 bits per heavy atom. The van der Waals surface area contributed by atoms with E-state index in [0.29, 0.717) is 39.0 Å². The first-order valence-electron chi connectivity index (χ1n) is 6.99. The fourth-order valence-corrected chi connectivity index (χ4v) is 2.43. The number of benzene rings is 1. The Hall–Kier alpha value is -1.43. The van der Waals surface area contributed by atoms with Gasteiger partial charge in [-0.25, -0.2) is 0 Å². The number of anilines is 1. The van der Waals surface area contributed by atoms with Crippen molar-refractivity contribution in [2.75, 3.05) is 31.7 Å². The SMILES string of the molecule is NCC1(C(=O)Nc2ccc(CCO)cc2)CCOCC1. The van der Waals surface area contributed by atoms with E-state index in [-0.39, 0.29) is 12.5 Å². The van der Waals surface area contributed by atoms with Crippen molar-refractivity contribution >= 4 is 11.6 Å². The number of hydrogen-bond acceptors (Lipinski definition) is 4. The van der Waals surface area contributed by atoms with Crippen LogP contribution in [0.5, 0.6) is 0 Å². The fourth-order valence-electron chi connectivity index (χ4n) is 2.43. The van der Waals surface area contributed by atoms with Gasteiger partial charge in [0.2, 0.25) is 5.91 Å².